The fourth-order valence-electron chi connectivity index (χ4n) is 4.06. The Kier molecular flexibility index (Phi) is 3.68. The molecule has 1 atom stereocenters. The first-order chi connectivity index (χ1) is 12.3. The van der Waals surface area contributed by atoms with Gasteiger partial charge < -0.3 is 14.5 Å². The number of hydrogen-bond donors (Lipinski definition) is 0. The minimum absolute atomic E-state index is 0.114. The molecular weight excluding hydrogens is 338 g/mol. The second-order valence-electron chi connectivity index (χ2n) is 7.20. The average Bonchev–Trinajstić information content (AvgIpc) is 3.13. The maximum absolute atomic E-state index is 12.5. The Morgan fingerprint density at radius 3 is 2.65 bits per heavy atom. The van der Waals surface area contributed by atoms with Crippen molar-refractivity contribution >= 4 is 11.4 Å². The Balaban J connectivity index is 1.66. The summed E-state index contributed by atoms with van der Waals surface area (Å²) in [6, 6.07) is 14.8. The number of rotatable bonds is 3. The Hall–Kier alpha value is -2.63. The van der Waals surface area contributed by atoms with E-state index < -0.39 is 12.3 Å². The van der Waals surface area contributed by atoms with Gasteiger partial charge in [-0.3, -0.25) is 0 Å². The van der Waals surface area contributed by atoms with Crippen LogP contribution in [0.2, 0.25) is 0 Å². The predicted octanol–water partition coefficient (Wildman–Crippen LogP) is 4.54. The summed E-state index contributed by atoms with van der Waals surface area (Å²) in [6.45, 7) is 1.43. The Morgan fingerprint density at radius 1 is 1.15 bits per heavy atom. The van der Waals surface area contributed by atoms with Gasteiger partial charge >= 0.3 is 6.61 Å². The van der Waals surface area contributed by atoms with Crippen molar-refractivity contribution in [2.24, 2.45) is 5.16 Å². The lowest BCUT2D eigenvalue weighted by molar-refractivity contribution is -0.0591. The van der Waals surface area contributed by atoms with Gasteiger partial charge in [0.05, 0.1) is 17.5 Å². The molecule has 2 aliphatic rings. The molecule has 1 spiro atoms. The second-order valence-corrected chi connectivity index (χ2v) is 7.20. The number of para-hydroxylation sites is 1. The molecule has 0 saturated heterocycles. The lowest BCUT2D eigenvalue weighted by atomic mass is 9.75. The van der Waals surface area contributed by atoms with Crippen molar-refractivity contribution in [3.05, 3.63) is 59.7 Å². The number of nitrogens with zero attached hydrogens (tertiary/aromatic N) is 2. The first kappa shape index (κ1) is 16.8. The summed E-state index contributed by atoms with van der Waals surface area (Å²) in [5, 5.41) is 4.32. The van der Waals surface area contributed by atoms with E-state index in [0.717, 1.165) is 17.0 Å². The van der Waals surface area contributed by atoms with Crippen LogP contribution in [0, 0.1) is 0 Å². The number of alkyl halides is 2. The zero-order chi connectivity index (χ0) is 18.5. The summed E-state index contributed by atoms with van der Waals surface area (Å²) in [7, 11) is 2.00. The van der Waals surface area contributed by atoms with E-state index in [1.54, 1.807) is 12.1 Å². The number of anilines is 1. The van der Waals surface area contributed by atoms with E-state index in [0.29, 0.717) is 6.42 Å². The third-order valence-corrected chi connectivity index (χ3v) is 5.56. The maximum Gasteiger partial charge on any atom is 0.387 e. The van der Waals surface area contributed by atoms with E-state index in [9.17, 15) is 8.78 Å². The molecule has 0 N–H and O–H groups in total. The van der Waals surface area contributed by atoms with Crippen LogP contribution in [0.15, 0.2) is 53.7 Å². The smallest absolute Gasteiger partial charge is 0.387 e. The molecule has 4 nitrogen and oxygen atoms in total. The van der Waals surface area contributed by atoms with Gasteiger partial charge in [-0.15, -0.1) is 0 Å². The van der Waals surface area contributed by atoms with Crippen LogP contribution in [-0.4, -0.2) is 25.1 Å². The monoisotopic (exact) mass is 358 g/mol. The molecule has 2 aliphatic heterocycles. The summed E-state index contributed by atoms with van der Waals surface area (Å²) in [5.74, 6) is 0.114. The number of benzene rings is 2. The SMILES string of the molecule is CN1c2ccccc2C(C)(C)[C@]12CC(c1cccc(OC(F)F)c1)=NO2. The lowest BCUT2D eigenvalue weighted by Crippen LogP contribution is -2.54. The first-order valence-corrected chi connectivity index (χ1v) is 8.49. The van der Waals surface area contributed by atoms with Crippen LogP contribution >= 0.6 is 0 Å². The molecule has 26 heavy (non-hydrogen) atoms. The van der Waals surface area contributed by atoms with Gasteiger partial charge in [0.25, 0.3) is 0 Å². The highest BCUT2D eigenvalue weighted by atomic mass is 19.3. The fourth-order valence-corrected chi connectivity index (χ4v) is 4.06. The number of ether oxygens (including phenoxy) is 1. The molecule has 0 saturated carbocycles. The van der Waals surface area contributed by atoms with E-state index in [1.165, 1.54) is 11.6 Å². The van der Waals surface area contributed by atoms with Crippen LogP contribution in [0.25, 0.3) is 0 Å². The molecule has 0 aliphatic carbocycles. The molecular formula is C20H20F2N2O2. The van der Waals surface area contributed by atoms with Crippen molar-refractivity contribution in [3.63, 3.8) is 0 Å². The number of oxime groups is 1. The summed E-state index contributed by atoms with van der Waals surface area (Å²) in [6.07, 6.45) is 0.545. The van der Waals surface area contributed by atoms with Gasteiger partial charge in [-0.05, 0) is 37.6 Å². The standard InChI is InChI=1S/C20H20F2N2O2/c1-19(2)15-9-4-5-10-17(15)24(3)20(19)12-16(23-26-20)13-7-6-8-14(11-13)25-18(21)22/h4-11,18H,12H2,1-3H3/t20-/m1/s1. The van der Waals surface area contributed by atoms with Crippen molar-refractivity contribution in [2.75, 3.05) is 11.9 Å². The van der Waals surface area contributed by atoms with Gasteiger partial charge in [-0.1, -0.05) is 35.5 Å². The van der Waals surface area contributed by atoms with Crippen molar-refractivity contribution in [1.29, 1.82) is 0 Å². The zero-order valence-electron chi connectivity index (χ0n) is 14.9. The van der Waals surface area contributed by atoms with E-state index in [-0.39, 0.29) is 11.2 Å². The molecule has 0 amide bonds. The molecule has 136 valence electrons. The van der Waals surface area contributed by atoms with Crippen LogP contribution in [0.4, 0.5) is 14.5 Å². The van der Waals surface area contributed by atoms with Crippen LogP contribution in [0.1, 0.15) is 31.4 Å². The number of fused-ring (bicyclic) bond motifs is 1. The maximum atomic E-state index is 12.5. The highest BCUT2D eigenvalue weighted by Crippen LogP contribution is 2.55. The molecule has 0 bridgehead atoms. The van der Waals surface area contributed by atoms with Gasteiger partial charge in [-0.25, -0.2) is 0 Å². The molecule has 6 heteroatoms. The summed E-state index contributed by atoms with van der Waals surface area (Å²) in [5.41, 5.74) is 2.82. The quantitative estimate of drug-likeness (QED) is 0.808. The number of hydrogen-bond acceptors (Lipinski definition) is 4. The Bertz CT molecular complexity index is 882. The minimum atomic E-state index is -2.85. The molecule has 0 radical (unpaired) electrons. The predicted molar refractivity (Wildman–Crippen MR) is 95.9 cm³/mol. The summed E-state index contributed by atoms with van der Waals surface area (Å²) >= 11 is 0. The Morgan fingerprint density at radius 2 is 1.92 bits per heavy atom. The molecule has 2 aromatic rings. The third-order valence-electron chi connectivity index (χ3n) is 5.56. The minimum Gasteiger partial charge on any atom is -0.435 e. The summed E-state index contributed by atoms with van der Waals surface area (Å²) < 4.78 is 29.5. The zero-order valence-corrected chi connectivity index (χ0v) is 14.9. The molecule has 2 aromatic carbocycles. The summed E-state index contributed by atoms with van der Waals surface area (Å²) in [4.78, 5) is 8.15. The lowest BCUT2D eigenvalue weighted by Gasteiger charge is -2.40. The highest BCUT2D eigenvalue weighted by Gasteiger charge is 2.61. The van der Waals surface area contributed by atoms with Gasteiger partial charge in [0.15, 0.2) is 0 Å². The van der Waals surface area contributed by atoms with E-state index in [4.69, 9.17) is 4.84 Å². The normalized spacial score (nSPS) is 23.2. The van der Waals surface area contributed by atoms with Crippen molar-refractivity contribution in [2.45, 2.75) is 38.0 Å². The average molecular weight is 358 g/mol. The largest absolute Gasteiger partial charge is 0.435 e. The third kappa shape index (κ3) is 2.28. The molecule has 0 unspecified atom stereocenters. The molecule has 4 rings (SSSR count). The van der Waals surface area contributed by atoms with E-state index in [2.05, 4.69) is 40.8 Å². The van der Waals surface area contributed by atoms with Crippen LogP contribution < -0.4 is 9.64 Å². The van der Waals surface area contributed by atoms with Crippen molar-refractivity contribution in [1.82, 2.24) is 0 Å². The van der Waals surface area contributed by atoms with Gasteiger partial charge in [0.2, 0.25) is 5.72 Å². The fraction of sp³-hybridized carbons (Fsp3) is 0.350. The van der Waals surface area contributed by atoms with Crippen molar-refractivity contribution < 1.29 is 18.4 Å². The molecule has 0 fully saturated rings. The number of halogens is 2. The van der Waals surface area contributed by atoms with Gasteiger partial charge in [0.1, 0.15) is 5.75 Å². The first-order valence-electron chi connectivity index (χ1n) is 8.49. The van der Waals surface area contributed by atoms with E-state index >= 15 is 0 Å². The van der Waals surface area contributed by atoms with Crippen LogP contribution in [-0.2, 0) is 10.3 Å². The van der Waals surface area contributed by atoms with Gasteiger partial charge in [0, 0.05) is 18.3 Å². The Labute approximate surface area is 151 Å². The second kappa shape index (κ2) is 5.69. The number of likely N-dealkylation sites (N-methyl/N-ethyl adjacent to an activating group) is 1. The van der Waals surface area contributed by atoms with Crippen molar-refractivity contribution in [3.8, 4) is 5.75 Å². The molecule has 0 aromatic heterocycles. The molecule has 2 heterocycles. The van der Waals surface area contributed by atoms with Crippen LogP contribution in [0.3, 0.4) is 0 Å². The topological polar surface area (TPSA) is 34.1 Å². The highest BCUT2D eigenvalue weighted by molar-refractivity contribution is 6.02. The van der Waals surface area contributed by atoms with Gasteiger partial charge in [-0.2, -0.15) is 8.78 Å². The van der Waals surface area contributed by atoms with E-state index in [1.807, 2.05) is 25.2 Å². The van der Waals surface area contributed by atoms with Crippen LogP contribution in [0.5, 0.6) is 5.75 Å².